The normalized spacial score (nSPS) is 19.4. The lowest BCUT2D eigenvalue weighted by Crippen LogP contribution is -2.56. The largest absolute Gasteiger partial charge is 0.461 e. The van der Waals surface area contributed by atoms with Crippen molar-refractivity contribution < 1.29 is 37.4 Å². The summed E-state index contributed by atoms with van der Waals surface area (Å²) in [6, 6.07) is 11.5. The van der Waals surface area contributed by atoms with Crippen LogP contribution in [0.25, 0.3) is 0 Å². The van der Waals surface area contributed by atoms with E-state index >= 15 is 0 Å². The highest BCUT2D eigenvalue weighted by Crippen LogP contribution is 2.41. The third-order valence-corrected chi connectivity index (χ3v) is 12.3. The molecule has 1 amide bonds. The van der Waals surface area contributed by atoms with Crippen LogP contribution in [0.2, 0.25) is 18.1 Å². The highest BCUT2D eigenvalue weighted by Gasteiger charge is 2.50. The number of halogens is 2. The molecule has 1 saturated heterocycles. The van der Waals surface area contributed by atoms with Crippen molar-refractivity contribution in [3.8, 4) is 0 Å². The van der Waals surface area contributed by atoms with Crippen molar-refractivity contribution >= 4 is 20.4 Å². The molecule has 0 aliphatic carbocycles. The predicted molar refractivity (Wildman–Crippen MR) is 159 cm³/mol. The molecule has 1 N–H and O–H groups in total. The Kier molecular flexibility index (Phi) is 10.6. The fourth-order valence-corrected chi connectivity index (χ4v) is 6.14. The Hall–Kier alpha value is -2.82. The van der Waals surface area contributed by atoms with Gasteiger partial charge < -0.3 is 19.0 Å². The third-order valence-electron chi connectivity index (χ3n) is 7.87. The Morgan fingerprint density at radius 2 is 1.60 bits per heavy atom. The molecule has 42 heavy (non-hydrogen) atoms. The van der Waals surface area contributed by atoms with Gasteiger partial charge in [-0.05, 0) is 75.0 Å². The Morgan fingerprint density at radius 3 is 2.14 bits per heavy atom. The predicted octanol–water partition coefficient (Wildman–Crippen LogP) is 6.63. The first kappa shape index (κ1) is 33.7. The minimum absolute atomic E-state index is 0.00266. The maximum Gasteiger partial charge on any atom is 0.410 e. The summed E-state index contributed by atoms with van der Waals surface area (Å²) in [5.74, 6) is -3.22. The zero-order valence-corrected chi connectivity index (χ0v) is 26.9. The molecule has 3 rings (SSSR count). The smallest absolute Gasteiger partial charge is 0.410 e. The van der Waals surface area contributed by atoms with Gasteiger partial charge in [-0.2, -0.15) is 0 Å². The molecule has 1 fully saturated rings. The fourth-order valence-electron chi connectivity index (χ4n) is 4.78. The number of hydrogen-bond acceptors (Lipinski definition) is 6. The number of likely N-dealkylation sites (tertiary alicyclic amines) is 1. The number of β-amino-alcohol motifs (C(OH)–C–C–N with tert-alkyl or cyclic N) is 1. The monoisotopic (exact) mass is 605 g/mol. The van der Waals surface area contributed by atoms with Crippen LogP contribution in [0, 0.1) is 17.6 Å². The van der Waals surface area contributed by atoms with Crippen LogP contribution in [0.3, 0.4) is 0 Å². The summed E-state index contributed by atoms with van der Waals surface area (Å²) >= 11 is 0. The molecule has 2 aromatic carbocycles. The van der Waals surface area contributed by atoms with Crippen LogP contribution in [0.15, 0.2) is 48.5 Å². The van der Waals surface area contributed by atoms with Gasteiger partial charge in [0.1, 0.15) is 23.8 Å². The van der Waals surface area contributed by atoms with Gasteiger partial charge >= 0.3 is 12.1 Å². The van der Waals surface area contributed by atoms with E-state index < -0.39 is 61.8 Å². The number of ether oxygens (including phenoxy) is 2. The van der Waals surface area contributed by atoms with E-state index in [4.69, 9.17) is 13.9 Å². The van der Waals surface area contributed by atoms with Crippen molar-refractivity contribution in [3.63, 3.8) is 0 Å². The van der Waals surface area contributed by atoms with Gasteiger partial charge in [-0.15, -0.1) is 0 Å². The number of carbonyl (C=O) groups is 2. The van der Waals surface area contributed by atoms with E-state index in [9.17, 15) is 23.5 Å². The lowest BCUT2D eigenvalue weighted by molar-refractivity contribution is -0.155. The van der Waals surface area contributed by atoms with E-state index in [1.54, 1.807) is 20.8 Å². The van der Waals surface area contributed by atoms with Gasteiger partial charge in [-0.3, -0.25) is 9.69 Å². The number of rotatable bonds is 9. The number of amides is 1. The highest BCUT2D eigenvalue weighted by atomic mass is 28.4. The molecule has 0 bridgehead atoms. The van der Waals surface area contributed by atoms with Crippen molar-refractivity contribution in [2.24, 2.45) is 5.92 Å². The van der Waals surface area contributed by atoms with Crippen LogP contribution in [-0.4, -0.2) is 60.8 Å². The molecular weight excluding hydrogens is 560 g/mol. The maximum atomic E-state index is 14.3. The Balaban J connectivity index is 2.09. The first-order valence-electron chi connectivity index (χ1n) is 14.4. The SMILES string of the molecule is CC(C)(C)OC(=O)N1C[C@H](O)C[C@@H]1[C@@H](O[Si](C)(C)C(C)(C)C)[C@H](Cc1cc(F)cc(F)c1)C(=O)OCc1ccccc1. The number of benzene rings is 2. The molecule has 4 atom stereocenters. The summed E-state index contributed by atoms with van der Waals surface area (Å²) in [6.45, 7) is 15.4. The number of hydrogen-bond donors (Lipinski definition) is 1. The van der Waals surface area contributed by atoms with Crippen molar-refractivity contribution in [1.29, 1.82) is 0 Å². The Labute approximate surface area is 249 Å². The molecule has 1 heterocycles. The molecular formula is C32H45F2NO6Si. The van der Waals surface area contributed by atoms with Gasteiger partial charge in [0.25, 0.3) is 0 Å². The van der Waals surface area contributed by atoms with Crippen molar-refractivity contribution in [1.82, 2.24) is 4.90 Å². The standard InChI is InChI=1S/C32H45F2NO6Si/c1-31(2,3)40-30(38)35-19-25(36)18-27(35)28(41-42(7,8)32(4,5)6)26(16-22-14-23(33)17-24(34)15-22)29(37)39-20-21-12-10-9-11-13-21/h9-15,17,25-28,36H,16,18-20H2,1-8H3/t25-,26+,27-,28+/m1/s1. The summed E-state index contributed by atoms with van der Waals surface area (Å²) in [4.78, 5) is 28.7. The molecule has 0 saturated carbocycles. The van der Waals surface area contributed by atoms with Gasteiger partial charge in [-0.1, -0.05) is 51.1 Å². The first-order valence-corrected chi connectivity index (χ1v) is 17.3. The summed E-state index contributed by atoms with van der Waals surface area (Å²) < 4.78 is 46.9. The molecule has 7 nitrogen and oxygen atoms in total. The van der Waals surface area contributed by atoms with Crippen LogP contribution in [0.4, 0.5) is 13.6 Å². The van der Waals surface area contributed by atoms with Crippen molar-refractivity contribution in [3.05, 3.63) is 71.3 Å². The van der Waals surface area contributed by atoms with E-state index in [1.807, 2.05) is 43.4 Å². The van der Waals surface area contributed by atoms with Gasteiger partial charge in [0.05, 0.1) is 30.7 Å². The minimum Gasteiger partial charge on any atom is -0.461 e. The average Bonchev–Trinajstić information content (AvgIpc) is 3.24. The second kappa shape index (κ2) is 13.2. The van der Waals surface area contributed by atoms with E-state index in [-0.39, 0.29) is 36.6 Å². The lowest BCUT2D eigenvalue weighted by Gasteiger charge is -2.44. The molecule has 232 valence electrons. The second-order valence-corrected chi connectivity index (χ2v) is 18.4. The average molecular weight is 606 g/mol. The Morgan fingerprint density at radius 1 is 1.00 bits per heavy atom. The van der Waals surface area contributed by atoms with Crippen LogP contribution in [0.1, 0.15) is 59.1 Å². The van der Waals surface area contributed by atoms with Crippen molar-refractivity contribution in [2.45, 2.75) is 103 Å². The van der Waals surface area contributed by atoms with Crippen LogP contribution in [0.5, 0.6) is 0 Å². The molecule has 0 unspecified atom stereocenters. The molecule has 1 aliphatic rings. The van der Waals surface area contributed by atoms with Crippen LogP contribution >= 0.6 is 0 Å². The van der Waals surface area contributed by atoms with Crippen LogP contribution in [-0.2, 0) is 31.7 Å². The molecule has 0 radical (unpaired) electrons. The highest BCUT2D eigenvalue weighted by molar-refractivity contribution is 6.74. The van der Waals surface area contributed by atoms with E-state index in [0.717, 1.165) is 11.6 Å². The van der Waals surface area contributed by atoms with Gasteiger partial charge in [0.2, 0.25) is 0 Å². The zero-order valence-electron chi connectivity index (χ0n) is 25.9. The fraction of sp³-hybridized carbons (Fsp3) is 0.562. The number of carbonyl (C=O) groups excluding carboxylic acids is 2. The van der Waals surface area contributed by atoms with Gasteiger partial charge in [0.15, 0.2) is 8.32 Å². The summed E-state index contributed by atoms with van der Waals surface area (Å²) in [7, 11) is -2.62. The second-order valence-electron chi connectivity index (χ2n) is 13.6. The molecule has 10 heteroatoms. The van der Waals surface area contributed by atoms with E-state index in [1.165, 1.54) is 17.0 Å². The lowest BCUT2D eigenvalue weighted by atomic mass is 9.88. The number of esters is 1. The third kappa shape index (κ3) is 9.09. The van der Waals surface area contributed by atoms with Crippen LogP contribution < -0.4 is 0 Å². The quantitative estimate of drug-likeness (QED) is 0.255. The number of aliphatic hydroxyl groups excluding tert-OH is 1. The zero-order chi connectivity index (χ0) is 31.5. The summed E-state index contributed by atoms with van der Waals surface area (Å²) in [5, 5.41) is 10.5. The first-order chi connectivity index (χ1) is 19.4. The summed E-state index contributed by atoms with van der Waals surface area (Å²) in [6.07, 6.45) is -2.43. The van der Waals surface area contributed by atoms with Crippen molar-refractivity contribution in [2.75, 3.05) is 6.54 Å². The molecule has 0 aromatic heterocycles. The number of aliphatic hydroxyl groups is 1. The summed E-state index contributed by atoms with van der Waals surface area (Å²) in [5.41, 5.74) is 0.230. The van der Waals surface area contributed by atoms with Gasteiger partial charge in [0, 0.05) is 6.07 Å². The molecule has 2 aromatic rings. The molecule has 1 aliphatic heterocycles. The van der Waals surface area contributed by atoms with E-state index in [2.05, 4.69) is 20.8 Å². The number of nitrogens with zero attached hydrogens (tertiary/aromatic N) is 1. The maximum absolute atomic E-state index is 14.3. The van der Waals surface area contributed by atoms with E-state index in [0.29, 0.717) is 0 Å². The minimum atomic E-state index is -2.62. The Bertz CT molecular complexity index is 1210. The van der Waals surface area contributed by atoms with Gasteiger partial charge in [-0.25, -0.2) is 13.6 Å². The molecule has 0 spiro atoms. The topological polar surface area (TPSA) is 85.3 Å².